The predicted molar refractivity (Wildman–Crippen MR) is 190 cm³/mol. The summed E-state index contributed by atoms with van der Waals surface area (Å²) in [5.74, 6) is 1.15. The van der Waals surface area contributed by atoms with Gasteiger partial charge in [0.15, 0.2) is 0 Å². The van der Waals surface area contributed by atoms with Crippen LogP contribution < -0.4 is 4.74 Å². The molecule has 0 radical (unpaired) electrons. The van der Waals surface area contributed by atoms with Crippen LogP contribution in [0.3, 0.4) is 0 Å². The van der Waals surface area contributed by atoms with Gasteiger partial charge in [-0.2, -0.15) is 0 Å². The summed E-state index contributed by atoms with van der Waals surface area (Å²) in [5.41, 5.74) is 9.01. The second-order valence-corrected chi connectivity index (χ2v) is 16.4. The molecule has 4 aromatic carbocycles. The van der Waals surface area contributed by atoms with Crippen LogP contribution in [-0.2, 0) is 41.9 Å². The number of hydrogen-bond acceptors (Lipinski definition) is 5. The number of phenolic OH excluding ortho intramolecular Hbond substituents is 3. The highest BCUT2D eigenvalue weighted by Crippen LogP contribution is 2.42. The van der Waals surface area contributed by atoms with Gasteiger partial charge in [0, 0.05) is 31.2 Å². The zero-order chi connectivity index (χ0) is 34.6. The van der Waals surface area contributed by atoms with Crippen LogP contribution in [0.15, 0.2) is 48.5 Å². The van der Waals surface area contributed by atoms with E-state index >= 15 is 0 Å². The highest BCUT2D eigenvalue weighted by molar-refractivity contribution is 5.77. The van der Waals surface area contributed by atoms with Crippen LogP contribution in [0.25, 0.3) is 0 Å². The van der Waals surface area contributed by atoms with E-state index in [9.17, 15) is 20.1 Å². The Labute approximate surface area is 280 Å². The number of aldehydes is 1. The van der Waals surface area contributed by atoms with E-state index in [2.05, 4.69) is 86.6 Å². The molecular weight excluding hydrogens is 584 g/mol. The van der Waals surface area contributed by atoms with Gasteiger partial charge in [0.2, 0.25) is 0 Å². The van der Waals surface area contributed by atoms with Crippen LogP contribution in [0.1, 0.15) is 134 Å². The molecular formula is C42H50O5. The van der Waals surface area contributed by atoms with E-state index in [-0.39, 0.29) is 46.3 Å². The molecule has 4 aromatic rings. The maximum absolute atomic E-state index is 12.1. The standard InChI is InChI=1S/C42H50O5/c1-40(2,3)33-17-27-13-25-11-24(23-43)12-26(36(25)44)14-28-18-34(41(4,5)6)20-30(38(28)46)16-32-22-35(42(7,8)9)21-31(39(32)47-10)15-29(19-33)37(27)45/h11-12,17-23,44-46H,13-16H2,1-10H3. The fourth-order valence-electron chi connectivity index (χ4n) is 6.58. The van der Waals surface area contributed by atoms with Gasteiger partial charge in [0.05, 0.1) is 7.11 Å². The lowest BCUT2D eigenvalue weighted by Crippen LogP contribution is -2.15. The first-order valence-electron chi connectivity index (χ1n) is 16.5. The lowest BCUT2D eigenvalue weighted by Gasteiger charge is -2.26. The third kappa shape index (κ3) is 6.90. The maximum Gasteiger partial charge on any atom is 0.150 e. The highest BCUT2D eigenvalue weighted by atomic mass is 16.5. The number of carbonyl (C=O) groups is 1. The first-order chi connectivity index (χ1) is 21.8. The summed E-state index contributed by atoms with van der Waals surface area (Å²) in [6.07, 6.45) is 2.09. The van der Waals surface area contributed by atoms with Gasteiger partial charge >= 0.3 is 0 Å². The Morgan fingerprint density at radius 3 is 1.00 bits per heavy atom. The molecule has 5 nitrogen and oxygen atoms in total. The molecule has 0 spiro atoms. The minimum absolute atomic E-state index is 0.0635. The number of rotatable bonds is 2. The van der Waals surface area contributed by atoms with E-state index in [1.165, 1.54) is 0 Å². The molecule has 0 aromatic heterocycles. The van der Waals surface area contributed by atoms with Crippen LogP contribution in [0.2, 0.25) is 0 Å². The average molecular weight is 635 g/mol. The number of ether oxygens (including phenoxy) is 1. The van der Waals surface area contributed by atoms with Crippen molar-refractivity contribution in [1.82, 2.24) is 0 Å². The normalized spacial score (nSPS) is 13.7. The number of methoxy groups -OCH3 is 1. The van der Waals surface area contributed by atoms with E-state index < -0.39 is 0 Å². The first-order valence-corrected chi connectivity index (χ1v) is 16.5. The number of hydrogen-bond donors (Lipinski definition) is 3. The first kappa shape index (κ1) is 34.1. The topological polar surface area (TPSA) is 87.0 Å². The zero-order valence-corrected chi connectivity index (χ0v) is 29.7. The van der Waals surface area contributed by atoms with Crippen molar-refractivity contribution >= 4 is 6.29 Å². The Bertz CT molecular complexity index is 1740. The summed E-state index contributed by atoms with van der Waals surface area (Å²) in [7, 11) is 1.69. The average Bonchev–Trinajstić information content (AvgIpc) is 2.96. The molecule has 0 unspecified atom stereocenters. The number of aromatic hydroxyl groups is 3. The van der Waals surface area contributed by atoms with Crippen molar-refractivity contribution < 1.29 is 24.9 Å². The lowest BCUT2D eigenvalue weighted by atomic mass is 9.80. The molecule has 8 bridgehead atoms. The highest BCUT2D eigenvalue weighted by Gasteiger charge is 2.26. The predicted octanol–water partition coefficient (Wildman–Crippen LogP) is 9.19. The molecule has 0 fully saturated rings. The monoisotopic (exact) mass is 634 g/mol. The van der Waals surface area contributed by atoms with Gasteiger partial charge < -0.3 is 20.1 Å². The van der Waals surface area contributed by atoms with Gasteiger partial charge in [-0.15, -0.1) is 0 Å². The molecule has 0 heterocycles. The van der Waals surface area contributed by atoms with Gasteiger partial charge in [0.25, 0.3) is 0 Å². The van der Waals surface area contributed by atoms with Crippen molar-refractivity contribution in [3.63, 3.8) is 0 Å². The second kappa shape index (κ2) is 12.1. The summed E-state index contributed by atoms with van der Waals surface area (Å²) >= 11 is 0. The molecule has 0 aliphatic heterocycles. The lowest BCUT2D eigenvalue weighted by molar-refractivity contribution is 0.112. The van der Waals surface area contributed by atoms with Gasteiger partial charge in [-0.25, -0.2) is 0 Å². The molecule has 3 N–H and O–H groups in total. The second-order valence-electron chi connectivity index (χ2n) is 16.4. The molecule has 0 atom stereocenters. The summed E-state index contributed by atoms with van der Waals surface area (Å²) in [5, 5.41) is 35.4. The number of benzene rings is 4. The van der Waals surface area contributed by atoms with Crippen LogP contribution in [0.4, 0.5) is 0 Å². The smallest absolute Gasteiger partial charge is 0.150 e. The van der Waals surface area contributed by atoms with Gasteiger partial charge in [-0.3, -0.25) is 4.79 Å². The third-order valence-electron chi connectivity index (χ3n) is 9.53. The fraction of sp³-hybridized carbons (Fsp3) is 0.405. The largest absolute Gasteiger partial charge is 0.507 e. The van der Waals surface area contributed by atoms with Crippen molar-refractivity contribution in [3.8, 4) is 23.0 Å². The summed E-state index contributed by atoms with van der Waals surface area (Å²) in [4.78, 5) is 12.1. The molecule has 0 saturated carbocycles. The Kier molecular flexibility index (Phi) is 8.76. The summed E-state index contributed by atoms with van der Waals surface area (Å²) < 4.78 is 6.15. The number of phenols is 3. The number of fused-ring (bicyclic) bond motifs is 8. The SMILES string of the molecule is COc1c2cc(C(C)(C)C)cc1Cc1cc(C(C)(C)C)cc(c1O)Cc1cc(C=O)cc(c1O)Cc1cc(C(C)(C)C)cc(c1O)C2. The van der Waals surface area contributed by atoms with E-state index in [0.29, 0.717) is 40.7 Å². The van der Waals surface area contributed by atoms with Gasteiger partial charge in [-0.1, -0.05) is 98.7 Å². The van der Waals surface area contributed by atoms with E-state index in [1.54, 1.807) is 19.2 Å². The Morgan fingerprint density at radius 2 is 0.745 bits per heavy atom. The van der Waals surface area contributed by atoms with Crippen molar-refractivity contribution in [2.75, 3.05) is 7.11 Å². The Balaban J connectivity index is 1.89. The molecule has 248 valence electrons. The molecule has 1 aliphatic rings. The Hall–Kier alpha value is -4.25. The van der Waals surface area contributed by atoms with E-state index in [4.69, 9.17) is 4.74 Å². The van der Waals surface area contributed by atoms with Crippen molar-refractivity contribution in [1.29, 1.82) is 0 Å². The quantitative estimate of drug-likeness (QED) is 0.169. The van der Waals surface area contributed by atoms with Crippen molar-refractivity contribution in [2.24, 2.45) is 0 Å². The molecule has 1 aliphatic carbocycles. The molecule has 0 amide bonds. The minimum atomic E-state index is -0.205. The molecule has 5 rings (SSSR count). The van der Waals surface area contributed by atoms with Gasteiger partial charge in [-0.05, 0) is 89.6 Å². The molecule has 0 saturated heterocycles. The van der Waals surface area contributed by atoms with Crippen LogP contribution in [0.5, 0.6) is 23.0 Å². The molecule has 5 heteroatoms. The van der Waals surface area contributed by atoms with Crippen LogP contribution >= 0.6 is 0 Å². The van der Waals surface area contributed by atoms with Crippen molar-refractivity contribution in [2.45, 2.75) is 104 Å². The summed E-state index contributed by atoms with van der Waals surface area (Å²) in [6, 6.07) is 15.9. The maximum atomic E-state index is 12.1. The van der Waals surface area contributed by atoms with E-state index in [0.717, 1.165) is 51.0 Å². The molecule has 47 heavy (non-hydrogen) atoms. The minimum Gasteiger partial charge on any atom is -0.507 e. The van der Waals surface area contributed by atoms with Crippen molar-refractivity contribution in [3.05, 3.63) is 115 Å². The zero-order valence-electron chi connectivity index (χ0n) is 29.7. The third-order valence-corrected chi connectivity index (χ3v) is 9.53. The summed E-state index contributed by atoms with van der Waals surface area (Å²) in [6.45, 7) is 19.4. The Morgan fingerprint density at radius 1 is 0.489 bits per heavy atom. The number of carbonyl (C=O) groups excluding carboxylic acids is 1. The van der Waals surface area contributed by atoms with Gasteiger partial charge in [0.1, 0.15) is 29.3 Å². The van der Waals surface area contributed by atoms with E-state index in [1.807, 2.05) is 12.1 Å². The van der Waals surface area contributed by atoms with Crippen LogP contribution in [0, 0.1) is 0 Å². The van der Waals surface area contributed by atoms with Crippen LogP contribution in [-0.4, -0.2) is 28.7 Å². The fourth-order valence-corrected chi connectivity index (χ4v) is 6.58.